The number of amides is 2. The van der Waals surface area contributed by atoms with Gasteiger partial charge in [0.15, 0.2) is 0 Å². The minimum absolute atomic E-state index is 0.000996. The van der Waals surface area contributed by atoms with Crippen LogP contribution in [0.4, 0.5) is 0 Å². The summed E-state index contributed by atoms with van der Waals surface area (Å²) in [4.78, 5) is 28.7. The molecule has 0 saturated carbocycles. The van der Waals surface area contributed by atoms with Crippen molar-refractivity contribution in [2.45, 2.75) is 39.3 Å². The van der Waals surface area contributed by atoms with Gasteiger partial charge in [-0.25, -0.2) is 5.48 Å². The number of para-hydroxylation sites is 1. The topological polar surface area (TPSA) is 103 Å². The van der Waals surface area contributed by atoms with Crippen LogP contribution in [-0.4, -0.2) is 34.6 Å². The van der Waals surface area contributed by atoms with Crippen molar-refractivity contribution in [2.75, 3.05) is 6.54 Å². The molecule has 0 fully saturated rings. The molecule has 2 atom stereocenters. The maximum atomic E-state index is 12.8. The third-order valence-electron chi connectivity index (χ3n) is 3.98. The Kier molecular flexibility index (Phi) is 7.06. The number of pyridine rings is 1. The Bertz CT molecular complexity index is 763. The lowest BCUT2D eigenvalue weighted by molar-refractivity contribution is -0.129. The molecule has 0 radical (unpaired) electrons. The first-order valence-corrected chi connectivity index (χ1v) is 8.73. The van der Waals surface area contributed by atoms with Crippen LogP contribution >= 0.6 is 0 Å². The zero-order valence-corrected chi connectivity index (χ0v) is 15.3. The first-order chi connectivity index (χ1) is 12.4. The molecule has 2 amide bonds. The predicted molar refractivity (Wildman–Crippen MR) is 99.5 cm³/mol. The first kappa shape index (κ1) is 19.8. The van der Waals surface area contributed by atoms with E-state index in [4.69, 9.17) is 5.21 Å². The molecule has 0 bridgehead atoms. The molecule has 0 aliphatic heterocycles. The number of carbonyl (C=O) groups excluding carboxylic acids is 2. The summed E-state index contributed by atoms with van der Waals surface area (Å²) in [6.07, 6.45) is 0.848. The second-order valence-electron chi connectivity index (χ2n) is 6.82. The van der Waals surface area contributed by atoms with E-state index < -0.39 is 11.9 Å². The van der Waals surface area contributed by atoms with Gasteiger partial charge in [-0.2, -0.15) is 0 Å². The van der Waals surface area contributed by atoms with Crippen LogP contribution in [0.2, 0.25) is 0 Å². The number of nitrogens with zero attached hydrogens (tertiary/aromatic N) is 1. The van der Waals surface area contributed by atoms with E-state index in [-0.39, 0.29) is 18.5 Å². The van der Waals surface area contributed by atoms with Crippen LogP contribution in [0.1, 0.15) is 38.9 Å². The van der Waals surface area contributed by atoms with E-state index in [0.717, 1.165) is 17.3 Å². The van der Waals surface area contributed by atoms with Crippen molar-refractivity contribution < 1.29 is 14.8 Å². The summed E-state index contributed by atoms with van der Waals surface area (Å²) in [6.45, 7) is 5.93. The molecule has 0 aliphatic carbocycles. The zero-order valence-electron chi connectivity index (χ0n) is 15.3. The summed E-state index contributed by atoms with van der Waals surface area (Å²) in [7, 11) is 0. The molecule has 0 saturated heterocycles. The fourth-order valence-electron chi connectivity index (χ4n) is 2.90. The van der Waals surface area contributed by atoms with Gasteiger partial charge in [0.25, 0.3) is 5.91 Å². The van der Waals surface area contributed by atoms with E-state index in [9.17, 15) is 9.59 Å². The lowest BCUT2D eigenvalue weighted by Gasteiger charge is -2.22. The Morgan fingerprint density at radius 1 is 1.12 bits per heavy atom. The summed E-state index contributed by atoms with van der Waals surface area (Å²) in [5, 5.41) is 15.5. The fraction of sp³-hybridized carbons (Fsp3) is 0.421. The molecule has 1 heterocycles. The van der Waals surface area contributed by atoms with Gasteiger partial charge in [-0.15, -0.1) is 0 Å². The summed E-state index contributed by atoms with van der Waals surface area (Å²) >= 11 is 0. The Hall–Kier alpha value is -2.51. The normalized spacial score (nSPS) is 13.4. The van der Waals surface area contributed by atoms with Crippen LogP contribution in [0.25, 0.3) is 10.9 Å². The van der Waals surface area contributed by atoms with Crippen LogP contribution in [-0.2, 0) is 9.59 Å². The number of benzene rings is 1. The van der Waals surface area contributed by atoms with E-state index in [1.807, 2.05) is 37.3 Å². The molecule has 2 unspecified atom stereocenters. The monoisotopic (exact) mass is 358 g/mol. The molecule has 0 aliphatic rings. The van der Waals surface area contributed by atoms with Gasteiger partial charge >= 0.3 is 0 Å². The van der Waals surface area contributed by atoms with E-state index in [0.29, 0.717) is 11.6 Å². The maximum Gasteiger partial charge on any atom is 0.257 e. The van der Waals surface area contributed by atoms with Crippen LogP contribution in [0, 0.1) is 5.92 Å². The number of hydrogen-bond acceptors (Lipinski definition) is 5. The van der Waals surface area contributed by atoms with Crippen molar-refractivity contribution in [3.63, 3.8) is 0 Å². The van der Waals surface area contributed by atoms with Gasteiger partial charge in [0, 0.05) is 11.4 Å². The summed E-state index contributed by atoms with van der Waals surface area (Å²) in [6, 6.07) is 10.5. The highest BCUT2D eigenvalue weighted by Gasteiger charge is 2.24. The Morgan fingerprint density at radius 3 is 2.54 bits per heavy atom. The van der Waals surface area contributed by atoms with Gasteiger partial charge in [-0.05, 0) is 31.4 Å². The third-order valence-corrected chi connectivity index (χ3v) is 3.98. The molecule has 1 aromatic carbocycles. The Balaban J connectivity index is 2.23. The molecule has 2 aromatic rings. The van der Waals surface area contributed by atoms with Crippen LogP contribution in [0.3, 0.4) is 0 Å². The number of carbonyl (C=O) groups is 2. The van der Waals surface area contributed by atoms with Crippen molar-refractivity contribution in [1.82, 2.24) is 21.1 Å². The Morgan fingerprint density at radius 2 is 1.85 bits per heavy atom. The van der Waals surface area contributed by atoms with Crippen molar-refractivity contribution in [2.24, 2.45) is 5.92 Å². The molecular weight excluding hydrogens is 332 g/mol. The average molecular weight is 358 g/mol. The number of hydroxylamine groups is 1. The lowest BCUT2D eigenvalue weighted by Crippen LogP contribution is -2.44. The molecule has 0 spiro atoms. The molecular formula is C19H26N4O3. The van der Waals surface area contributed by atoms with Crippen molar-refractivity contribution >= 4 is 22.7 Å². The second kappa shape index (κ2) is 9.26. The van der Waals surface area contributed by atoms with Gasteiger partial charge in [0.05, 0.1) is 17.8 Å². The third kappa shape index (κ3) is 5.50. The van der Waals surface area contributed by atoms with Gasteiger partial charge in [0.2, 0.25) is 5.91 Å². The van der Waals surface area contributed by atoms with E-state index in [1.165, 1.54) is 0 Å². The minimum Gasteiger partial charge on any atom is -0.352 e. The number of fused-ring (bicyclic) bond motifs is 1. The van der Waals surface area contributed by atoms with Gasteiger partial charge in [-0.1, -0.05) is 38.1 Å². The summed E-state index contributed by atoms with van der Waals surface area (Å²) in [5.41, 5.74) is 2.84. The van der Waals surface area contributed by atoms with Crippen molar-refractivity contribution in [3.05, 3.63) is 42.1 Å². The molecule has 26 heavy (non-hydrogen) atoms. The van der Waals surface area contributed by atoms with Crippen LogP contribution in [0.15, 0.2) is 36.4 Å². The largest absolute Gasteiger partial charge is 0.352 e. The van der Waals surface area contributed by atoms with E-state index in [1.54, 1.807) is 11.5 Å². The predicted octanol–water partition coefficient (Wildman–Crippen LogP) is 1.92. The Labute approximate surface area is 153 Å². The van der Waals surface area contributed by atoms with Crippen LogP contribution in [0.5, 0.6) is 0 Å². The maximum absolute atomic E-state index is 12.8. The SMILES string of the molecule is CC(C)CC(C)NC(=O)C(NCC(=O)NO)c1ccc2ccccc2n1. The minimum atomic E-state index is -0.800. The van der Waals surface area contributed by atoms with Gasteiger partial charge in [0.1, 0.15) is 6.04 Å². The van der Waals surface area contributed by atoms with Gasteiger partial charge < -0.3 is 5.32 Å². The average Bonchev–Trinajstić information content (AvgIpc) is 2.60. The first-order valence-electron chi connectivity index (χ1n) is 8.73. The fourth-order valence-corrected chi connectivity index (χ4v) is 2.90. The molecule has 4 N–H and O–H groups in total. The second-order valence-corrected chi connectivity index (χ2v) is 6.82. The molecule has 2 rings (SSSR count). The smallest absolute Gasteiger partial charge is 0.257 e. The van der Waals surface area contributed by atoms with Crippen LogP contribution < -0.4 is 16.1 Å². The highest BCUT2D eigenvalue weighted by atomic mass is 16.5. The number of aromatic nitrogens is 1. The number of rotatable bonds is 8. The molecule has 140 valence electrons. The quantitative estimate of drug-likeness (QED) is 0.426. The van der Waals surface area contributed by atoms with E-state index >= 15 is 0 Å². The highest BCUT2D eigenvalue weighted by molar-refractivity contribution is 5.86. The summed E-state index contributed by atoms with van der Waals surface area (Å²) in [5.74, 6) is -0.429. The lowest BCUT2D eigenvalue weighted by atomic mass is 10.0. The molecule has 7 nitrogen and oxygen atoms in total. The van der Waals surface area contributed by atoms with Crippen molar-refractivity contribution in [1.29, 1.82) is 0 Å². The molecule has 7 heteroatoms. The highest BCUT2D eigenvalue weighted by Crippen LogP contribution is 2.17. The van der Waals surface area contributed by atoms with E-state index in [2.05, 4.69) is 29.5 Å². The molecule has 1 aromatic heterocycles. The summed E-state index contributed by atoms with van der Waals surface area (Å²) < 4.78 is 0. The van der Waals surface area contributed by atoms with Gasteiger partial charge in [-0.3, -0.25) is 25.1 Å². The van der Waals surface area contributed by atoms with Crippen molar-refractivity contribution in [3.8, 4) is 0 Å². The number of hydrogen-bond donors (Lipinski definition) is 4. The number of nitrogens with one attached hydrogen (secondary N) is 3. The zero-order chi connectivity index (χ0) is 19.1. The standard InChI is InChI=1S/C19H26N4O3/c1-12(2)10-13(3)21-19(25)18(20-11-17(24)23-26)16-9-8-14-6-4-5-7-15(14)22-16/h4-9,12-13,18,20,26H,10-11H2,1-3H3,(H,21,25)(H,23,24).